The van der Waals surface area contributed by atoms with Crippen molar-refractivity contribution in [3.63, 3.8) is 0 Å². The van der Waals surface area contributed by atoms with Gasteiger partial charge in [0.05, 0.1) is 10.7 Å². The molecule has 4 rings (SSSR count). The SMILES string of the molecule is Cc1nc(Cc2ccc(F)cc2)sc1C(=O)NC1CC2CCC(C1)N2.Cl.Cl. The first-order valence-electron chi connectivity index (χ1n) is 8.84. The molecule has 1 aromatic heterocycles. The van der Waals surface area contributed by atoms with Crippen molar-refractivity contribution in [1.82, 2.24) is 15.6 Å². The number of halogens is 3. The number of aromatic nitrogens is 1. The van der Waals surface area contributed by atoms with Crippen LogP contribution >= 0.6 is 36.2 Å². The summed E-state index contributed by atoms with van der Waals surface area (Å²) < 4.78 is 13.0. The average Bonchev–Trinajstić information content (AvgIpc) is 3.11. The molecule has 27 heavy (non-hydrogen) atoms. The number of hydrogen-bond donors (Lipinski definition) is 2. The van der Waals surface area contributed by atoms with Gasteiger partial charge in [-0.25, -0.2) is 9.37 Å². The lowest BCUT2D eigenvalue weighted by atomic mass is 10.00. The molecule has 2 aromatic rings. The van der Waals surface area contributed by atoms with E-state index in [4.69, 9.17) is 0 Å². The van der Waals surface area contributed by atoms with Crippen LogP contribution in [0, 0.1) is 12.7 Å². The summed E-state index contributed by atoms with van der Waals surface area (Å²) >= 11 is 1.44. The van der Waals surface area contributed by atoms with E-state index in [2.05, 4.69) is 15.6 Å². The molecule has 0 aliphatic carbocycles. The Hall–Kier alpha value is -1.21. The van der Waals surface area contributed by atoms with Gasteiger partial charge in [-0.05, 0) is 50.3 Å². The first-order valence-corrected chi connectivity index (χ1v) is 9.66. The van der Waals surface area contributed by atoms with E-state index in [9.17, 15) is 9.18 Å². The second-order valence-electron chi connectivity index (χ2n) is 7.11. The number of rotatable bonds is 4. The van der Waals surface area contributed by atoms with E-state index in [0.29, 0.717) is 23.4 Å². The molecule has 2 unspecified atom stereocenters. The number of piperidine rings is 1. The van der Waals surface area contributed by atoms with Crippen molar-refractivity contribution in [2.24, 2.45) is 0 Å². The molecule has 1 amide bonds. The number of nitrogens with zero attached hydrogens (tertiary/aromatic N) is 1. The summed E-state index contributed by atoms with van der Waals surface area (Å²) in [7, 11) is 0. The van der Waals surface area contributed by atoms with Crippen LogP contribution in [0.3, 0.4) is 0 Å². The Morgan fingerprint density at radius 1 is 1.22 bits per heavy atom. The smallest absolute Gasteiger partial charge is 0.263 e. The predicted molar refractivity (Wildman–Crippen MR) is 111 cm³/mol. The first-order chi connectivity index (χ1) is 12.1. The van der Waals surface area contributed by atoms with Crippen LogP contribution in [0.1, 0.15) is 51.6 Å². The normalized spacial score (nSPS) is 23.3. The number of fused-ring (bicyclic) bond motifs is 2. The predicted octanol–water partition coefficient (Wildman–Crippen LogP) is 4.04. The molecule has 0 spiro atoms. The van der Waals surface area contributed by atoms with Crippen LogP contribution in [0.2, 0.25) is 0 Å². The van der Waals surface area contributed by atoms with Gasteiger partial charge in [0.25, 0.3) is 5.91 Å². The topological polar surface area (TPSA) is 54.0 Å². The second-order valence-corrected chi connectivity index (χ2v) is 8.19. The van der Waals surface area contributed by atoms with Crippen molar-refractivity contribution in [3.8, 4) is 0 Å². The number of carbonyl (C=O) groups excluding carboxylic acids is 1. The highest BCUT2D eigenvalue weighted by Gasteiger charge is 2.34. The molecule has 2 N–H and O–H groups in total. The van der Waals surface area contributed by atoms with Crippen molar-refractivity contribution in [2.45, 2.75) is 57.2 Å². The molecule has 4 nitrogen and oxygen atoms in total. The third-order valence-electron chi connectivity index (χ3n) is 5.12. The van der Waals surface area contributed by atoms with Crippen molar-refractivity contribution >= 4 is 42.1 Å². The van der Waals surface area contributed by atoms with Gasteiger partial charge >= 0.3 is 0 Å². The Morgan fingerprint density at radius 3 is 2.48 bits per heavy atom. The lowest BCUT2D eigenvalue weighted by molar-refractivity contribution is 0.0927. The molecule has 8 heteroatoms. The zero-order valence-electron chi connectivity index (χ0n) is 15.0. The number of nitrogens with one attached hydrogen (secondary N) is 2. The number of hydrogen-bond acceptors (Lipinski definition) is 4. The van der Waals surface area contributed by atoms with Gasteiger partial charge in [-0.2, -0.15) is 0 Å². The van der Waals surface area contributed by atoms with E-state index in [-0.39, 0.29) is 42.6 Å². The molecule has 148 valence electrons. The molecule has 0 radical (unpaired) electrons. The Balaban J connectivity index is 0.00000131. The van der Waals surface area contributed by atoms with Crippen molar-refractivity contribution in [3.05, 3.63) is 51.2 Å². The fourth-order valence-electron chi connectivity index (χ4n) is 3.94. The van der Waals surface area contributed by atoms with E-state index in [1.165, 1.54) is 36.3 Å². The summed E-state index contributed by atoms with van der Waals surface area (Å²) in [6, 6.07) is 7.80. The number of carbonyl (C=O) groups is 1. The van der Waals surface area contributed by atoms with E-state index < -0.39 is 0 Å². The monoisotopic (exact) mass is 431 g/mol. The molecular formula is C19H24Cl2FN3OS. The fraction of sp³-hybridized carbons (Fsp3) is 0.474. The van der Waals surface area contributed by atoms with Crippen molar-refractivity contribution < 1.29 is 9.18 Å². The highest BCUT2D eigenvalue weighted by atomic mass is 35.5. The summed E-state index contributed by atoms with van der Waals surface area (Å²) in [5.41, 5.74) is 1.77. The Bertz CT molecular complexity index is 772. The first kappa shape index (κ1) is 22.1. The van der Waals surface area contributed by atoms with E-state index in [0.717, 1.165) is 29.1 Å². The second kappa shape index (κ2) is 9.32. The highest BCUT2D eigenvalue weighted by molar-refractivity contribution is 7.13. The Morgan fingerprint density at radius 2 is 1.85 bits per heavy atom. The summed E-state index contributed by atoms with van der Waals surface area (Å²) in [5, 5.41) is 7.68. The third kappa shape index (κ3) is 5.19. The molecule has 2 aliphatic heterocycles. The van der Waals surface area contributed by atoms with E-state index in [1.807, 2.05) is 6.92 Å². The zero-order chi connectivity index (χ0) is 17.4. The minimum Gasteiger partial charge on any atom is -0.348 e. The number of amides is 1. The largest absolute Gasteiger partial charge is 0.348 e. The molecule has 3 heterocycles. The maximum Gasteiger partial charge on any atom is 0.263 e. The Kier molecular flexibility index (Phi) is 7.63. The summed E-state index contributed by atoms with van der Waals surface area (Å²) in [4.78, 5) is 17.9. The molecule has 0 saturated carbocycles. The minimum atomic E-state index is -0.241. The van der Waals surface area contributed by atoms with Gasteiger partial charge in [-0.15, -0.1) is 36.2 Å². The number of benzene rings is 1. The van der Waals surface area contributed by atoms with Crippen molar-refractivity contribution in [2.75, 3.05) is 0 Å². The van der Waals surface area contributed by atoms with Gasteiger partial charge < -0.3 is 10.6 Å². The van der Waals surface area contributed by atoms with Gasteiger partial charge in [0.1, 0.15) is 10.7 Å². The van der Waals surface area contributed by atoms with Crippen LogP contribution in [0.15, 0.2) is 24.3 Å². The highest BCUT2D eigenvalue weighted by Crippen LogP contribution is 2.28. The van der Waals surface area contributed by atoms with Crippen LogP contribution in [0.5, 0.6) is 0 Å². The minimum absolute atomic E-state index is 0. The van der Waals surface area contributed by atoms with Crippen LogP contribution in [0.25, 0.3) is 0 Å². The summed E-state index contributed by atoms with van der Waals surface area (Å²) in [6.45, 7) is 1.88. The van der Waals surface area contributed by atoms with Gasteiger partial charge in [-0.1, -0.05) is 12.1 Å². The molecular weight excluding hydrogens is 408 g/mol. The van der Waals surface area contributed by atoms with Crippen molar-refractivity contribution in [1.29, 1.82) is 0 Å². The fourth-order valence-corrected chi connectivity index (χ4v) is 4.94. The van der Waals surface area contributed by atoms with E-state index in [1.54, 1.807) is 12.1 Å². The lowest BCUT2D eigenvalue weighted by Gasteiger charge is -2.29. The van der Waals surface area contributed by atoms with Crippen LogP contribution in [-0.4, -0.2) is 29.0 Å². The third-order valence-corrected chi connectivity index (χ3v) is 6.28. The van der Waals surface area contributed by atoms with Gasteiger partial charge in [0, 0.05) is 24.5 Å². The van der Waals surface area contributed by atoms with Crippen LogP contribution in [0.4, 0.5) is 4.39 Å². The number of thiazole rings is 1. The zero-order valence-corrected chi connectivity index (χ0v) is 17.5. The molecule has 2 saturated heterocycles. The quantitative estimate of drug-likeness (QED) is 0.767. The van der Waals surface area contributed by atoms with Gasteiger partial charge in [0.15, 0.2) is 0 Å². The maximum atomic E-state index is 13.0. The molecule has 2 fully saturated rings. The number of aryl methyl sites for hydroxylation is 1. The van der Waals surface area contributed by atoms with Crippen LogP contribution < -0.4 is 10.6 Å². The van der Waals surface area contributed by atoms with Gasteiger partial charge in [-0.3, -0.25) is 4.79 Å². The maximum absolute atomic E-state index is 13.0. The van der Waals surface area contributed by atoms with Gasteiger partial charge in [0.2, 0.25) is 0 Å². The molecule has 2 atom stereocenters. The molecule has 1 aromatic carbocycles. The summed E-state index contributed by atoms with van der Waals surface area (Å²) in [5.74, 6) is -0.248. The average molecular weight is 432 g/mol. The standard InChI is InChI=1S/C19H22FN3OS.2ClH/c1-11-18(19(24)23-16-9-14-6-7-15(10-16)22-14)25-17(21-11)8-12-2-4-13(20)5-3-12;;/h2-5,14-16,22H,6-10H2,1H3,(H,23,24);2*1H. The van der Waals surface area contributed by atoms with Crippen LogP contribution in [-0.2, 0) is 6.42 Å². The Labute approximate surface area is 175 Å². The lowest BCUT2D eigenvalue weighted by Crippen LogP contribution is -2.48. The summed E-state index contributed by atoms with van der Waals surface area (Å²) in [6.07, 6.45) is 5.10. The molecule has 2 bridgehead atoms. The van der Waals surface area contributed by atoms with E-state index >= 15 is 0 Å². The molecule has 2 aliphatic rings.